The van der Waals surface area contributed by atoms with Crippen LogP contribution in [0.3, 0.4) is 0 Å². The number of carboxylic acid groups (broad SMARTS) is 1. The van der Waals surface area contributed by atoms with Crippen LogP contribution in [0.5, 0.6) is 0 Å². The van der Waals surface area contributed by atoms with Crippen molar-refractivity contribution in [2.75, 3.05) is 23.3 Å². The Bertz CT molecular complexity index is 651. The van der Waals surface area contributed by atoms with Gasteiger partial charge in [-0.1, -0.05) is 0 Å². The van der Waals surface area contributed by atoms with Crippen molar-refractivity contribution in [1.29, 1.82) is 0 Å². The summed E-state index contributed by atoms with van der Waals surface area (Å²) in [6.45, 7) is 2.06. The molecular weight excluding hydrogens is 280 g/mol. The lowest BCUT2D eigenvalue weighted by molar-refractivity contribution is 0.0697. The molecule has 1 aromatic carbocycles. The molecule has 2 heterocycles. The molecule has 6 nitrogen and oxygen atoms in total. The summed E-state index contributed by atoms with van der Waals surface area (Å²) in [6, 6.07) is 8.52. The standard InChI is InChI=1S/C16H18N4O2/c21-16(22)12-4-6-13(7-5-12)19-14-10-15(18-11-17-14)20-8-2-1-3-9-20/h4-7,10-11H,1-3,8-9H2,(H,21,22)(H,17,18,19). The minimum atomic E-state index is -0.930. The minimum Gasteiger partial charge on any atom is -0.478 e. The molecule has 0 aliphatic carbocycles. The van der Waals surface area contributed by atoms with Gasteiger partial charge in [0.1, 0.15) is 18.0 Å². The van der Waals surface area contributed by atoms with E-state index < -0.39 is 5.97 Å². The zero-order valence-corrected chi connectivity index (χ0v) is 12.2. The van der Waals surface area contributed by atoms with Gasteiger partial charge in [0.25, 0.3) is 0 Å². The zero-order valence-electron chi connectivity index (χ0n) is 12.2. The van der Waals surface area contributed by atoms with E-state index in [9.17, 15) is 4.79 Å². The van der Waals surface area contributed by atoms with Crippen molar-refractivity contribution in [2.45, 2.75) is 19.3 Å². The van der Waals surface area contributed by atoms with Crippen LogP contribution in [0.15, 0.2) is 36.7 Å². The van der Waals surface area contributed by atoms with E-state index in [1.807, 2.05) is 6.07 Å². The van der Waals surface area contributed by atoms with E-state index in [4.69, 9.17) is 5.11 Å². The van der Waals surface area contributed by atoms with Crippen molar-refractivity contribution >= 4 is 23.3 Å². The summed E-state index contributed by atoms with van der Waals surface area (Å²) >= 11 is 0. The first-order valence-corrected chi connectivity index (χ1v) is 7.40. The molecule has 0 radical (unpaired) electrons. The fourth-order valence-corrected chi connectivity index (χ4v) is 2.56. The maximum atomic E-state index is 10.8. The Morgan fingerprint density at radius 3 is 2.50 bits per heavy atom. The van der Waals surface area contributed by atoms with Gasteiger partial charge in [0.05, 0.1) is 5.56 Å². The number of hydrogen-bond acceptors (Lipinski definition) is 5. The van der Waals surface area contributed by atoms with Crippen molar-refractivity contribution in [3.05, 3.63) is 42.2 Å². The molecule has 0 unspecified atom stereocenters. The first-order valence-electron chi connectivity index (χ1n) is 7.40. The van der Waals surface area contributed by atoms with E-state index in [0.29, 0.717) is 5.82 Å². The highest BCUT2D eigenvalue weighted by molar-refractivity contribution is 5.88. The largest absolute Gasteiger partial charge is 0.478 e. The molecule has 1 aliphatic rings. The third kappa shape index (κ3) is 3.33. The molecule has 1 saturated heterocycles. The number of carboxylic acids is 1. The highest BCUT2D eigenvalue weighted by Gasteiger charge is 2.12. The predicted molar refractivity (Wildman–Crippen MR) is 84.8 cm³/mol. The number of aromatic nitrogens is 2. The molecular formula is C16H18N4O2. The second-order valence-corrected chi connectivity index (χ2v) is 5.32. The number of anilines is 3. The van der Waals surface area contributed by atoms with Gasteiger partial charge in [0.15, 0.2) is 0 Å². The predicted octanol–water partition coefficient (Wildman–Crippen LogP) is 2.91. The van der Waals surface area contributed by atoms with Crippen molar-refractivity contribution in [3.8, 4) is 0 Å². The summed E-state index contributed by atoms with van der Waals surface area (Å²) in [4.78, 5) is 21.7. The highest BCUT2D eigenvalue weighted by Crippen LogP contribution is 2.21. The second-order valence-electron chi connectivity index (χ2n) is 5.32. The number of piperidine rings is 1. The van der Waals surface area contributed by atoms with Gasteiger partial charge in [-0.3, -0.25) is 0 Å². The average Bonchev–Trinajstić information content (AvgIpc) is 2.56. The Labute approximate surface area is 128 Å². The van der Waals surface area contributed by atoms with Crippen molar-refractivity contribution in [1.82, 2.24) is 9.97 Å². The lowest BCUT2D eigenvalue weighted by Crippen LogP contribution is -2.30. The molecule has 6 heteroatoms. The summed E-state index contributed by atoms with van der Waals surface area (Å²) < 4.78 is 0. The van der Waals surface area contributed by atoms with Crippen LogP contribution in [0.4, 0.5) is 17.3 Å². The van der Waals surface area contributed by atoms with Crippen LogP contribution < -0.4 is 10.2 Å². The Morgan fingerprint density at radius 2 is 1.82 bits per heavy atom. The maximum Gasteiger partial charge on any atom is 0.335 e. The first-order chi connectivity index (χ1) is 10.7. The first kappa shape index (κ1) is 14.3. The highest BCUT2D eigenvalue weighted by atomic mass is 16.4. The van der Waals surface area contributed by atoms with Gasteiger partial charge in [0.2, 0.25) is 0 Å². The van der Waals surface area contributed by atoms with Gasteiger partial charge in [-0.25, -0.2) is 14.8 Å². The molecule has 3 rings (SSSR count). The Morgan fingerprint density at radius 1 is 1.09 bits per heavy atom. The molecule has 2 aromatic rings. The van der Waals surface area contributed by atoms with Crippen LogP contribution in [0, 0.1) is 0 Å². The lowest BCUT2D eigenvalue weighted by atomic mass is 10.1. The fraction of sp³-hybridized carbons (Fsp3) is 0.312. The average molecular weight is 298 g/mol. The lowest BCUT2D eigenvalue weighted by Gasteiger charge is -2.27. The molecule has 114 valence electrons. The van der Waals surface area contributed by atoms with Gasteiger partial charge in [-0.05, 0) is 43.5 Å². The quantitative estimate of drug-likeness (QED) is 0.903. The number of aromatic carboxylic acids is 1. The van der Waals surface area contributed by atoms with Crippen molar-refractivity contribution in [3.63, 3.8) is 0 Å². The summed E-state index contributed by atoms with van der Waals surface area (Å²) in [5.74, 6) is 0.707. The van der Waals surface area contributed by atoms with E-state index in [2.05, 4.69) is 20.2 Å². The van der Waals surface area contributed by atoms with Crippen LogP contribution in [0.1, 0.15) is 29.6 Å². The van der Waals surface area contributed by atoms with E-state index in [0.717, 1.165) is 24.6 Å². The smallest absolute Gasteiger partial charge is 0.335 e. The number of rotatable bonds is 4. The number of carbonyl (C=O) groups is 1. The van der Waals surface area contributed by atoms with Gasteiger partial charge in [0, 0.05) is 24.8 Å². The van der Waals surface area contributed by atoms with Crippen LogP contribution in [-0.2, 0) is 0 Å². The minimum absolute atomic E-state index is 0.266. The molecule has 0 bridgehead atoms. The molecule has 22 heavy (non-hydrogen) atoms. The molecule has 1 fully saturated rings. The summed E-state index contributed by atoms with van der Waals surface area (Å²) in [5, 5.41) is 12.1. The topological polar surface area (TPSA) is 78.4 Å². The van der Waals surface area contributed by atoms with Crippen LogP contribution in [0.25, 0.3) is 0 Å². The van der Waals surface area contributed by atoms with Crippen molar-refractivity contribution in [2.24, 2.45) is 0 Å². The van der Waals surface area contributed by atoms with E-state index in [1.165, 1.54) is 19.3 Å². The number of nitrogens with zero attached hydrogens (tertiary/aromatic N) is 3. The number of benzene rings is 1. The third-order valence-corrected chi connectivity index (χ3v) is 3.74. The number of hydrogen-bond donors (Lipinski definition) is 2. The summed E-state index contributed by atoms with van der Waals surface area (Å²) in [7, 11) is 0. The van der Waals surface area contributed by atoms with Gasteiger partial charge < -0.3 is 15.3 Å². The molecule has 0 spiro atoms. The third-order valence-electron chi connectivity index (χ3n) is 3.74. The molecule has 1 aromatic heterocycles. The van der Waals surface area contributed by atoms with E-state index in [1.54, 1.807) is 30.6 Å². The molecule has 0 saturated carbocycles. The summed E-state index contributed by atoms with van der Waals surface area (Å²) in [5.41, 5.74) is 1.07. The Hall–Kier alpha value is -2.63. The van der Waals surface area contributed by atoms with E-state index >= 15 is 0 Å². The van der Waals surface area contributed by atoms with Crippen LogP contribution >= 0.6 is 0 Å². The molecule has 0 amide bonds. The van der Waals surface area contributed by atoms with Gasteiger partial charge in [-0.2, -0.15) is 0 Å². The van der Waals surface area contributed by atoms with Crippen molar-refractivity contribution < 1.29 is 9.90 Å². The normalized spacial score (nSPS) is 14.6. The number of nitrogens with one attached hydrogen (secondary N) is 1. The van der Waals surface area contributed by atoms with Gasteiger partial charge >= 0.3 is 5.97 Å². The summed E-state index contributed by atoms with van der Waals surface area (Å²) in [6.07, 6.45) is 5.23. The maximum absolute atomic E-state index is 10.8. The molecule has 1 aliphatic heterocycles. The van der Waals surface area contributed by atoms with Crippen LogP contribution in [-0.4, -0.2) is 34.1 Å². The SMILES string of the molecule is O=C(O)c1ccc(Nc2cc(N3CCCCC3)ncn2)cc1. The second kappa shape index (κ2) is 6.43. The fourth-order valence-electron chi connectivity index (χ4n) is 2.56. The van der Waals surface area contributed by atoms with Gasteiger partial charge in [-0.15, -0.1) is 0 Å². The Kier molecular flexibility index (Phi) is 4.18. The van der Waals surface area contributed by atoms with Crippen LogP contribution in [0.2, 0.25) is 0 Å². The zero-order chi connectivity index (χ0) is 15.4. The Balaban J connectivity index is 1.73. The molecule has 2 N–H and O–H groups in total. The van der Waals surface area contributed by atoms with E-state index in [-0.39, 0.29) is 5.56 Å². The molecule has 0 atom stereocenters. The monoisotopic (exact) mass is 298 g/mol.